The quantitative estimate of drug-likeness (QED) is 0.725. The van der Waals surface area contributed by atoms with Crippen LogP contribution in [0.4, 0.5) is 0 Å². The average molecular weight is 381 g/mol. The van der Waals surface area contributed by atoms with Crippen LogP contribution in [0.3, 0.4) is 0 Å². The molecular weight excluding hydrogens is 354 g/mol. The highest BCUT2D eigenvalue weighted by atomic mass is 16.3. The SMILES string of the molecule is CC(O)c1cc2ccccn2c1-c1ccc(=O)n(CCN2CCN(C)CC2)n1. The monoisotopic (exact) mass is 381 g/mol. The van der Waals surface area contributed by atoms with Crippen molar-refractivity contribution in [1.29, 1.82) is 0 Å². The molecule has 3 aromatic rings. The Kier molecular flexibility index (Phi) is 5.30. The van der Waals surface area contributed by atoms with E-state index >= 15 is 0 Å². The van der Waals surface area contributed by atoms with E-state index in [2.05, 4.69) is 21.9 Å². The first-order valence-electron chi connectivity index (χ1n) is 9.80. The molecule has 4 rings (SSSR count). The Hall–Kier alpha value is -2.48. The third-order valence-electron chi connectivity index (χ3n) is 5.49. The molecule has 0 saturated carbocycles. The van der Waals surface area contributed by atoms with E-state index < -0.39 is 6.10 Å². The van der Waals surface area contributed by atoms with E-state index in [9.17, 15) is 9.90 Å². The van der Waals surface area contributed by atoms with Gasteiger partial charge in [-0.3, -0.25) is 9.69 Å². The molecule has 1 unspecified atom stereocenters. The third-order valence-corrected chi connectivity index (χ3v) is 5.49. The van der Waals surface area contributed by atoms with Gasteiger partial charge in [0.25, 0.3) is 5.56 Å². The second-order valence-electron chi connectivity index (χ2n) is 7.54. The van der Waals surface area contributed by atoms with Gasteiger partial charge in [0.15, 0.2) is 0 Å². The number of hydrogen-bond donors (Lipinski definition) is 1. The molecule has 4 heterocycles. The van der Waals surface area contributed by atoms with E-state index in [0.29, 0.717) is 12.2 Å². The standard InChI is InChI=1S/C21H27N5O2/c1-16(27)18-15-17-5-3-4-8-25(17)21(18)19-6-7-20(28)26(22-19)14-13-24-11-9-23(2)10-12-24/h3-8,15-16,27H,9-14H2,1-2H3. The molecule has 7 nitrogen and oxygen atoms in total. The zero-order chi connectivity index (χ0) is 19.7. The lowest BCUT2D eigenvalue weighted by molar-refractivity contribution is 0.148. The molecule has 0 aromatic carbocycles. The van der Waals surface area contributed by atoms with Crippen LogP contribution in [-0.2, 0) is 6.54 Å². The molecule has 28 heavy (non-hydrogen) atoms. The van der Waals surface area contributed by atoms with Gasteiger partial charge in [-0.1, -0.05) is 6.07 Å². The molecule has 0 amide bonds. The van der Waals surface area contributed by atoms with Crippen molar-refractivity contribution >= 4 is 5.52 Å². The van der Waals surface area contributed by atoms with Gasteiger partial charge in [0, 0.05) is 56.1 Å². The molecule has 1 atom stereocenters. The van der Waals surface area contributed by atoms with Crippen molar-refractivity contribution in [2.45, 2.75) is 19.6 Å². The fourth-order valence-corrected chi connectivity index (χ4v) is 3.78. The molecule has 0 radical (unpaired) electrons. The van der Waals surface area contributed by atoms with Crippen LogP contribution in [-0.4, -0.2) is 68.9 Å². The Morgan fingerprint density at radius 1 is 1.11 bits per heavy atom. The van der Waals surface area contributed by atoms with Gasteiger partial charge in [0.2, 0.25) is 0 Å². The Labute approximate surface area is 164 Å². The summed E-state index contributed by atoms with van der Waals surface area (Å²) in [7, 11) is 2.13. The molecular formula is C21H27N5O2. The van der Waals surface area contributed by atoms with Crippen LogP contribution in [0.5, 0.6) is 0 Å². The highest BCUT2D eigenvalue weighted by Gasteiger charge is 2.18. The number of nitrogens with zero attached hydrogens (tertiary/aromatic N) is 5. The van der Waals surface area contributed by atoms with Gasteiger partial charge < -0.3 is 14.4 Å². The van der Waals surface area contributed by atoms with Crippen LogP contribution in [0.1, 0.15) is 18.6 Å². The van der Waals surface area contributed by atoms with Gasteiger partial charge in [0.1, 0.15) is 5.69 Å². The molecule has 1 N–H and O–H groups in total. The average Bonchev–Trinajstić information content (AvgIpc) is 3.09. The number of rotatable bonds is 5. The lowest BCUT2D eigenvalue weighted by Gasteiger charge is -2.32. The smallest absolute Gasteiger partial charge is 0.266 e. The van der Waals surface area contributed by atoms with Crippen molar-refractivity contribution in [3.63, 3.8) is 0 Å². The second-order valence-corrected chi connectivity index (χ2v) is 7.54. The van der Waals surface area contributed by atoms with Crippen molar-refractivity contribution in [2.24, 2.45) is 0 Å². The number of pyridine rings is 1. The predicted octanol–water partition coefficient (Wildman–Crippen LogP) is 1.46. The van der Waals surface area contributed by atoms with Crippen LogP contribution in [0.2, 0.25) is 0 Å². The molecule has 1 aliphatic rings. The summed E-state index contributed by atoms with van der Waals surface area (Å²) >= 11 is 0. The Morgan fingerprint density at radius 2 is 1.89 bits per heavy atom. The number of hydrogen-bond acceptors (Lipinski definition) is 5. The molecule has 1 aliphatic heterocycles. The predicted molar refractivity (Wildman–Crippen MR) is 109 cm³/mol. The summed E-state index contributed by atoms with van der Waals surface area (Å²) in [6.07, 6.45) is 1.33. The molecule has 148 valence electrons. The van der Waals surface area contributed by atoms with Crippen molar-refractivity contribution in [2.75, 3.05) is 39.8 Å². The third kappa shape index (κ3) is 3.73. The van der Waals surface area contributed by atoms with Crippen LogP contribution >= 0.6 is 0 Å². The summed E-state index contributed by atoms with van der Waals surface area (Å²) in [4.78, 5) is 17.1. The fraction of sp³-hybridized carbons (Fsp3) is 0.429. The first-order chi connectivity index (χ1) is 13.5. The summed E-state index contributed by atoms with van der Waals surface area (Å²) in [6, 6.07) is 11.2. The highest BCUT2D eigenvalue weighted by molar-refractivity contribution is 5.69. The molecule has 3 aromatic heterocycles. The minimum atomic E-state index is -0.623. The minimum Gasteiger partial charge on any atom is -0.389 e. The Bertz CT molecular complexity index is 1020. The fourth-order valence-electron chi connectivity index (χ4n) is 3.78. The van der Waals surface area contributed by atoms with Crippen molar-refractivity contribution in [3.05, 3.63) is 58.5 Å². The molecule has 0 aliphatic carbocycles. The minimum absolute atomic E-state index is 0.0997. The topological polar surface area (TPSA) is 66.0 Å². The number of aliphatic hydroxyl groups excluding tert-OH is 1. The zero-order valence-corrected chi connectivity index (χ0v) is 16.5. The van der Waals surface area contributed by atoms with Crippen LogP contribution in [0.15, 0.2) is 47.4 Å². The van der Waals surface area contributed by atoms with E-state index in [-0.39, 0.29) is 5.56 Å². The van der Waals surface area contributed by atoms with E-state index in [4.69, 9.17) is 0 Å². The van der Waals surface area contributed by atoms with Crippen LogP contribution < -0.4 is 5.56 Å². The maximum atomic E-state index is 12.4. The zero-order valence-electron chi connectivity index (χ0n) is 16.5. The maximum Gasteiger partial charge on any atom is 0.266 e. The maximum absolute atomic E-state index is 12.4. The number of fused-ring (bicyclic) bond motifs is 1. The largest absolute Gasteiger partial charge is 0.389 e. The van der Waals surface area contributed by atoms with E-state index in [1.807, 2.05) is 34.9 Å². The lowest BCUT2D eigenvalue weighted by Crippen LogP contribution is -2.46. The number of piperazine rings is 1. The van der Waals surface area contributed by atoms with Gasteiger partial charge in [-0.2, -0.15) is 5.10 Å². The summed E-state index contributed by atoms with van der Waals surface area (Å²) in [5.74, 6) is 0. The van der Waals surface area contributed by atoms with Gasteiger partial charge in [-0.05, 0) is 38.2 Å². The van der Waals surface area contributed by atoms with Crippen molar-refractivity contribution in [1.82, 2.24) is 24.0 Å². The lowest BCUT2D eigenvalue weighted by atomic mass is 10.1. The second kappa shape index (κ2) is 7.87. The number of aromatic nitrogens is 3. The molecule has 0 spiro atoms. The van der Waals surface area contributed by atoms with Crippen molar-refractivity contribution in [3.8, 4) is 11.4 Å². The summed E-state index contributed by atoms with van der Waals surface area (Å²) in [6.45, 7) is 7.25. The van der Waals surface area contributed by atoms with Crippen molar-refractivity contribution < 1.29 is 5.11 Å². The summed E-state index contributed by atoms with van der Waals surface area (Å²) < 4.78 is 3.56. The van der Waals surface area contributed by atoms with Gasteiger partial charge >= 0.3 is 0 Å². The Balaban J connectivity index is 1.65. The van der Waals surface area contributed by atoms with Gasteiger partial charge in [-0.25, -0.2) is 4.68 Å². The molecule has 0 bridgehead atoms. The number of aliphatic hydroxyl groups is 1. The molecule has 7 heteroatoms. The number of likely N-dealkylation sites (N-methyl/N-ethyl adjacent to an activating group) is 1. The van der Waals surface area contributed by atoms with E-state index in [0.717, 1.165) is 49.5 Å². The summed E-state index contributed by atoms with van der Waals surface area (Å²) in [5.41, 5.74) is 3.23. The van der Waals surface area contributed by atoms with Gasteiger partial charge in [0.05, 0.1) is 18.3 Å². The van der Waals surface area contributed by atoms with E-state index in [1.54, 1.807) is 23.7 Å². The first-order valence-corrected chi connectivity index (χ1v) is 9.80. The van der Waals surface area contributed by atoms with Crippen LogP contribution in [0.25, 0.3) is 16.9 Å². The van der Waals surface area contributed by atoms with E-state index in [1.165, 1.54) is 0 Å². The molecule has 1 fully saturated rings. The van der Waals surface area contributed by atoms with Gasteiger partial charge in [-0.15, -0.1) is 0 Å². The molecule has 1 saturated heterocycles. The highest BCUT2D eigenvalue weighted by Crippen LogP contribution is 2.30. The van der Waals surface area contributed by atoms with Crippen LogP contribution in [0, 0.1) is 0 Å². The first kappa shape index (κ1) is 18.9. The normalized spacial score (nSPS) is 17.2. The Morgan fingerprint density at radius 3 is 2.64 bits per heavy atom. The summed E-state index contributed by atoms with van der Waals surface area (Å²) in [5, 5.41) is 14.9.